The molecule has 0 aliphatic heterocycles. The van der Waals surface area contributed by atoms with Crippen LogP contribution in [0, 0.1) is 6.92 Å². The maximum Gasteiger partial charge on any atom is 0.197 e. The van der Waals surface area contributed by atoms with E-state index < -0.39 is 0 Å². The summed E-state index contributed by atoms with van der Waals surface area (Å²) < 4.78 is 12.0. The maximum absolute atomic E-state index is 12.7. The molecule has 0 radical (unpaired) electrons. The first-order chi connectivity index (χ1) is 9.97. The third kappa shape index (κ3) is 3.30. The van der Waals surface area contributed by atoms with E-state index in [2.05, 4.69) is 31.9 Å². The van der Waals surface area contributed by atoms with E-state index in [0.717, 1.165) is 10.0 Å². The first kappa shape index (κ1) is 16.0. The number of carbonyl (C=O) groups is 1. The number of hydrogen-bond donors (Lipinski definition) is 0. The molecule has 2 rings (SSSR count). The summed E-state index contributed by atoms with van der Waals surface area (Å²) in [6.45, 7) is 1.97. The quantitative estimate of drug-likeness (QED) is 0.677. The van der Waals surface area contributed by atoms with Crippen LogP contribution in [0.4, 0.5) is 0 Å². The number of aryl methyl sites for hydroxylation is 1. The molecule has 0 heterocycles. The van der Waals surface area contributed by atoms with Gasteiger partial charge in [0.2, 0.25) is 0 Å². The minimum absolute atomic E-state index is 0.109. The standard InChI is InChI=1S/C16H14Br2O3/c1-9-4-5-10(6-12(9)17)16(19)15-13(18)7-11(20-2)8-14(15)21-3/h4-8H,1-3H3. The van der Waals surface area contributed by atoms with E-state index >= 15 is 0 Å². The SMILES string of the molecule is COc1cc(Br)c(C(=O)c2ccc(C)c(Br)c2)c(OC)c1. The Bertz CT molecular complexity index is 696. The summed E-state index contributed by atoms with van der Waals surface area (Å²) in [6, 6.07) is 8.97. The number of ether oxygens (including phenoxy) is 2. The Morgan fingerprint density at radius 1 is 1.00 bits per heavy atom. The Hall–Kier alpha value is -1.33. The van der Waals surface area contributed by atoms with Gasteiger partial charge in [0, 0.05) is 20.6 Å². The third-order valence-corrected chi connectivity index (χ3v) is 4.62. The second kappa shape index (κ2) is 6.62. The van der Waals surface area contributed by atoms with E-state index in [0.29, 0.717) is 27.1 Å². The van der Waals surface area contributed by atoms with Crippen molar-refractivity contribution in [3.63, 3.8) is 0 Å². The molecule has 110 valence electrons. The summed E-state index contributed by atoms with van der Waals surface area (Å²) in [7, 11) is 3.10. The van der Waals surface area contributed by atoms with E-state index in [-0.39, 0.29) is 5.78 Å². The number of benzene rings is 2. The molecule has 0 bridgehead atoms. The number of ketones is 1. The van der Waals surface area contributed by atoms with Gasteiger partial charge in [-0.1, -0.05) is 28.1 Å². The minimum Gasteiger partial charge on any atom is -0.497 e. The predicted molar refractivity (Wildman–Crippen MR) is 89.6 cm³/mol. The molecule has 0 atom stereocenters. The van der Waals surface area contributed by atoms with E-state index in [1.807, 2.05) is 19.1 Å². The van der Waals surface area contributed by atoms with Gasteiger partial charge in [-0.3, -0.25) is 4.79 Å². The van der Waals surface area contributed by atoms with Crippen LogP contribution in [0.25, 0.3) is 0 Å². The van der Waals surface area contributed by atoms with Crippen LogP contribution in [0.2, 0.25) is 0 Å². The number of halogens is 2. The van der Waals surface area contributed by atoms with Crippen LogP contribution in [0.3, 0.4) is 0 Å². The van der Waals surface area contributed by atoms with Crippen molar-refractivity contribution < 1.29 is 14.3 Å². The molecule has 2 aromatic carbocycles. The Balaban J connectivity index is 2.54. The topological polar surface area (TPSA) is 35.5 Å². The van der Waals surface area contributed by atoms with Crippen molar-refractivity contribution in [3.05, 3.63) is 56.0 Å². The van der Waals surface area contributed by atoms with Crippen molar-refractivity contribution >= 4 is 37.6 Å². The van der Waals surface area contributed by atoms with Crippen LogP contribution < -0.4 is 9.47 Å². The van der Waals surface area contributed by atoms with Crippen molar-refractivity contribution in [1.82, 2.24) is 0 Å². The molecule has 0 aliphatic rings. The molecule has 0 N–H and O–H groups in total. The molecule has 0 saturated heterocycles. The molecule has 0 amide bonds. The van der Waals surface area contributed by atoms with E-state index in [4.69, 9.17) is 9.47 Å². The van der Waals surface area contributed by atoms with Crippen molar-refractivity contribution in [1.29, 1.82) is 0 Å². The van der Waals surface area contributed by atoms with Gasteiger partial charge in [0.25, 0.3) is 0 Å². The lowest BCUT2D eigenvalue weighted by molar-refractivity contribution is 0.103. The molecular weight excluding hydrogens is 400 g/mol. The lowest BCUT2D eigenvalue weighted by Crippen LogP contribution is -2.06. The molecule has 21 heavy (non-hydrogen) atoms. The van der Waals surface area contributed by atoms with E-state index in [9.17, 15) is 4.79 Å². The smallest absolute Gasteiger partial charge is 0.197 e. The zero-order chi connectivity index (χ0) is 15.6. The average molecular weight is 414 g/mol. The monoisotopic (exact) mass is 412 g/mol. The van der Waals surface area contributed by atoms with Crippen molar-refractivity contribution in [2.45, 2.75) is 6.92 Å². The van der Waals surface area contributed by atoms with Crippen molar-refractivity contribution in [2.75, 3.05) is 14.2 Å². The Kier molecular flexibility index (Phi) is 5.06. The summed E-state index contributed by atoms with van der Waals surface area (Å²) in [5.41, 5.74) is 2.15. The molecule has 0 aliphatic carbocycles. The zero-order valence-electron chi connectivity index (χ0n) is 11.9. The zero-order valence-corrected chi connectivity index (χ0v) is 15.0. The molecule has 0 spiro atoms. The molecular formula is C16H14Br2O3. The lowest BCUT2D eigenvalue weighted by atomic mass is 10.0. The van der Waals surface area contributed by atoms with E-state index in [1.165, 1.54) is 7.11 Å². The van der Waals surface area contributed by atoms with Crippen LogP contribution in [0.5, 0.6) is 11.5 Å². The lowest BCUT2D eigenvalue weighted by Gasteiger charge is -2.12. The molecule has 3 nitrogen and oxygen atoms in total. The third-order valence-electron chi connectivity index (χ3n) is 3.14. The highest BCUT2D eigenvalue weighted by Gasteiger charge is 2.20. The summed E-state index contributed by atoms with van der Waals surface area (Å²) in [5, 5.41) is 0. The summed E-state index contributed by atoms with van der Waals surface area (Å²) >= 11 is 6.87. The fourth-order valence-electron chi connectivity index (χ4n) is 1.94. The van der Waals surface area contributed by atoms with Crippen LogP contribution in [0.15, 0.2) is 39.3 Å². The van der Waals surface area contributed by atoms with Crippen LogP contribution >= 0.6 is 31.9 Å². The summed E-state index contributed by atoms with van der Waals surface area (Å²) in [4.78, 5) is 12.7. The molecule has 5 heteroatoms. The van der Waals surface area contributed by atoms with Gasteiger partial charge in [-0.15, -0.1) is 0 Å². The second-order valence-corrected chi connectivity index (χ2v) is 6.19. The summed E-state index contributed by atoms with van der Waals surface area (Å²) in [5.74, 6) is 0.991. The Morgan fingerprint density at radius 2 is 1.71 bits per heavy atom. The fraction of sp³-hybridized carbons (Fsp3) is 0.188. The van der Waals surface area contributed by atoms with Gasteiger partial charge in [0.1, 0.15) is 11.5 Å². The molecule has 0 aromatic heterocycles. The van der Waals surface area contributed by atoms with Gasteiger partial charge in [-0.25, -0.2) is 0 Å². The Labute approximate surface area is 140 Å². The van der Waals surface area contributed by atoms with Crippen LogP contribution in [0.1, 0.15) is 21.5 Å². The first-order valence-corrected chi connectivity index (χ1v) is 7.79. The molecule has 0 fully saturated rings. The number of carbonyl (C=O) groups excluding carboxylic acids is 1. The predicted octanol–water partition coefficient (Wildman–Crippen LogP) is 4.77. The van der Waals surface area contributed by atoms with Gasteiger partial charge in [-0.2, -0.15) is 0 Å². The number of rotatable bonds is 4. The van der Waals surface area contributed by atoms with Gasteiger partial charge in [0.05, 0.1) is 19.8 Å². The van der Waals surface area contributed by atoms with Crippen molar-refractivity contribution in [2.24, 2.45) is 0 Å². The Morgan fingerprint density at radius 3 is 2.29 bits per heavy atom. The van der Waals surface area contributed by atoms with Gasteiger partial charge in [0.15, 0.2) is 5.78 Å². The molecule has 2 aromatic rings. The first-order valence-electron chi connectivity index (χ1n) is 6.20. The van der Waals surface area contributed by atoms with E-state index in [1.54, 1.807) is 25.3 Å². The normalized spacial score (nSPS) is 10.3. The fourth-order valence-corrected chi connectivity index (χ4v) is 2.92. The second-order valence-electron chi connectivity index (χ2n) is 4.48. The molecule has 0 saturated carbocycles. The minimum atomic E-state index is -0.109. The highest BCUT2D eigenvalue weighted by Crippen LogP contribution is 2.34. The summed E-state index contributed by atoms with van der Waals surface area (Å²) in [6.07, 6.45) is 0. The average Bonchev–Trinajstić information content (AvgIpc) is 2.48. The largest absolute Gasteiger partial charge is 0.497 e. The van der Waals surface area contributed by atoms with Crippen molar-refractivity contribution in [3.8, 4) is 11.5 Å². The maximum atomic E-state index is 12.7. The van der Waals surface area contributed by atoms with Gasteiger partial charge >= 0.3 is 0 Å². The number of hydrogen-bond acceptors (Lipinski definition) is 3. The number of methoxy groups -OCH3 is 2. The molecule has 0 unspecified atom stereocenters. The highest BCUT2D eigenvalue weighted by molar-refractivity contribution is 9.10. The highest BCUT2D eigenvalue weighted by atomic mass is 79.9. The van der Waals surface area contributed by atoms with Crippen LogP contribution in [-0.4, -0.2) is 20.0 Å². The van der Waals surface area contributed by atoms with Crippen LogP contribution in [-0.2, 0) is 0 Å². The van der Waals surface area contributed by atoms with Gasteiger partial charge < -0.3 is 9.47 Å². The van der Waals surface area contributed by atoms with Gasteiger partial charge in [-0.05, 0) is 40.5 Å².